The van der Waals surface area contributed by atoms with Crippen LogP contribution in [0.1, 0.15) is 5.56 Å². The molecule has 1 aromatic carbocycles. The summed E-state index contributed by atoms with van der Waals surface area (Å²) in [5.41, 5.74) is 0.264. The Labute approximate surface area is 191 Å². The van der Waals surface area contributed by atoms with Gasteiger partial charge in [0.05, 0.1) is 23.4 Å². The molecule has 0 radical (unpaired) electrons. The first-order chi connectivity index (χ1) is 15.3. The van der Waals surface area contributed by atoms with E-state index in [1.807, 2.05) is 24.3 Å². The molecule has 0 unspecified atom stereocenters. The molecule has 1 fully saturated rings. The zero-order valence-corrected chi connectivity index (χ0v) is 18.5. The summed E-state index contributed by atoms with van der Waals surface area (Å²) >= 11 is 6.96. The number of hydrogen-bond acceptors (Lipinski definition) is 6. The van der Waals surface area contributed by atoms with E-state index in [0.717, 1.165) is 35.5 Å². The third-order valence-corrected chi connectivity index (χ3v) is 6.36. The highest BCUT2D eigenvalue weighted by Crippen LogP contribution is 2.33. The van der Waals surface area contributed by atoms with Gasteiger partial charge in [-0.3, -0.25) is 9.20 Å². The van der Waals surface area contributed by atoms with E-state index in [1.165, 1.54) is 4.40 Å². The van der Waals surface area contributed by atoms with E-state index in [-0.39, 0.29) is 27.5 Å². The minimum absolute atomic E-state index is 0.0389. The van der Waals surface area contributed by atoms with Gasteiger partial charge in [0, 0.05) is 38.1 Å². The fraction of sp³-hybridized carbons (Fsp3) is 0.350. The zero-order chi connectivity index (χ0) is 22.9. The van der Waals surface area contributed by atoms with Crippen LogP contribution in [0.15, 0.2) is 41.7 Å². The molecule has 1 amide bonds. The SMILES string of the molecule is COc1ccc(N2CCN(C(=O)CSc3nnc4c(Cl)cc(C(F)(F)F)cn34)CC2)cc1. The van der Waals surface area contributed by atoms with Crippen LogP contribution in [-0.2, 0) is 11.0 Å². The molecule has 0 spiro atoms. The number of pyridine rings is 1. The van der Waals surface area contributed by atoms with Crippen molar-refractivity contribution in [1.82, 2.24) is 19.5 Å². The van der Waals surface area contributed by atoms with E-state index >= 15 is 0 Å². The van der Waals surface area contributed by atoms with Crippen molar-refractivity contribution in [2.45, 2.75) is 11.3 Å². The Morgan fingerprint density at radius 1 is 1.16 bits per heavy atom. The Balaban J connectivity index is 1.37. The summed E-state index contributed by atoms with van der Waals surface area (Å²) in [5, 5.41) is 7.76. The highest BCUT2D eigenvalue weighted by molar-refractivity contribution is 7.99. The predicted molar refractivity (Wildman–Crippen MR) is 116 cm³/mol. The Bertz CT molecular complexity index is 1110. The molecule has 3 heterocycles. The maximum atomic E-state index is 13.1. The van der Waals surface area contributed by atoms with Crippen LogP contribution >= 0.6 is 23.4 Å². The number of benzene rings is 1. The molecule has 3 aromatic rings. The number of halogens is 4. The number of methoxy groups -OCH3 is 1. The second kappa shape index (κ2) is 9.07. The van der Waals surface area contributed by atoms with Gasteiger partial charge in [0.25, 0.3) is 0 Å². The van der Waals surface area contributed by atoms with Gasteiger partial charge in [0.15, 0.2) is 10.8 Å². The van der Waals surface area contributed by atoms with Crippen molar-refractivity contribution >= 4 is 40.6 Å². The summed E-state index contributed by atoms with van der Waals surface area (Å²) in [4.78, 5) is 16.6. The molecule has 0 saturated carbocycles. The molecule has 2 aromatic heterocycles. The molecule has 12 heteroatoms. The average molecular weight is 486 g/mol. The third kappa shape index (κ3) is 4.73. The molecule has 1 aliphatic rings. The van der Waals surface area contributed by atoms with Gasteiger partial charge in [-0.2, -0.15) is 13.2 Å². The third-order valence-electron chi connectivity index (χ3n) is 5.15. The highest BCUT2D eigenvalue weighted by atomic mass is 35.5. The van der Waals surface area contributed by atoms with E-state index in [0.29, 0.717) is 26.2 Å². The van der Waals surface area contributed by atoms with Crippen LogP contribution in [-0.4, -0.2) is 64.4 Å². The van der Waals surface area contributed by atoms with Crippen LogP contribution in [0.25, 0.3) is 5.65 Å². The molecular formula is C20H19ClF3N5O2S. The average Bonchev–Trinajstić information content (AvgIpc) is 3.21. The predicted octanol–water partition coefficient (Wildman–Crippen LogP) is 3.85. The number of piperazine rings is 1. The van der Waals surface area contributed by atoms with Crippen molar-refractivity contribution in [3.05, 3.63) is 47.1 Å². The van der Waals surface area contributed by atoms with Crippen molar-refractivity contribution < 1.29 is 22.7 Å². The number of anilines is 1. The molecule has 4 rings (SSSR count). The van der Waals surface area contributed by atoms with Gasteiger partial charge in [-0.1, -0.05) is 23.4 Å². The summed E-state index contributed by atoms with van der Waals surface area (Å²) in [5.74, 6) is 0.709. The standard InChI is InChI=1S/C20H19ClF3N5O2S/c1-31-15-4-2-14(3-5-15)27-6-8-28(9-7-27)17(30)12-32-19-26-25-18-16(21)10-13(11-29(18)19)20(22,23)24/h2-5,10-11H,6-9,12H2,1H3. The normalized spacial score (nSPS) is 14.8. The summed E-state index contributed by atoms with van der Waals surface area (Å²) in [6.07, 6.45) is -3.66. The molecule has 0 atom stereocenters. The molecule has 0 aliphatic carbocycles. The Kier molecular flexibility index (Phi) is 6.38. The van der Waals surface area contributed by atoms with Crippen molar-refractivity contribution in [3.8, 4) is 5.75 Å². The highest BCUT2D eigenvalue weighted by Gasteiger charge is 2.32. The number of amides is 1. The summed E-state index contributed by atoms with van der Waals surface area (Å²) in [7, 11) is 1.61. The van der Waals surface area contributed by atoms with Crippen LogP contribution in [0.3, 0.4) is 0 Å². The molecule has 1 aliphatic heterocycles. The van der Waals surface area contributed by atoms with E-state index < -0.39 is 11.7 Å². The van der Waals surface area contributed by atoms with Crippen LogP contribution in [0.5, 0.6) is 5.75 Å². The lowest BCUT2D eigenvalue weighted by Gasteiger charge is -2.36. The Morgan fingerprint density at radius 2 is 1.84 bits per heavy atom. The monoisotopic (exact) mass is 485 g/mol. The Morgan fingerprint density at radius 3 is 2.47 bits per heavy atom. The van der Waals surface area contributed by atoms with Gasteiger partial charge in [0.2, 0.25) is 5.91 Å². The number of rotatable bonds is 5. The van der Waals surface area contributed by atoms with Crippen molar-refractivity contribution in [2.75, 3.05) is 43.9 Å². The summed E-state index contributed by atoms with van der Waals surface area (Å²) < 4.78 is 45.6. The number of ether oxygens (including phenoxy) is 1. The maximum absolute atomic E-state index is 13.1. The van der Waals surface area contributed by atoms with Gasteiger partial charge in [0.1, 0.15) is 5.75 Å². The second-order valence-corrected chi connectivity index (χ2v) is 8.45. The molecular weight excluding hydrogens is 467 g/mol. The van der Waals surface area contributed by atoms with Crippen LogP contribution in [0.2, 0.25) is 5.02 Å². The van der Waals surface area contributed by atoms with Crippen molar-refractivity contribution in [2.24, 2.45) is 0 Å². The number of hydrogen-bond donors (Lipinski definition) is 0. The first kappa shape index (κ1) is 22.5. The van der Waals surface area contributed by atoms with E-state index in [2.05, 4.69) is 15.1 Å². The molecule has 0 bridgehead atoms. The van der Waals surface area contributed by atoms with Gasteiger partial charge < -0.3 is 14.5 Å². The van der Waals surface area contributed by atoms with Crippen LogP contribution in [0, 0.1) is 0 Å². The minimum Gasteiger partial charge on any atom is -0.497 e. The second-order valence-electron chi connectivity index (χ2n) is 7.11. The van der Waals surface area contributed by atoms with Crippen LogP contribution in [0.4, 0.5) is 18.9 Å². The quantitative estimate of drug-likeness (QED) is 0.512. The number of alkyl halides is 3. The fourth-order valence-electron chi connectivity index (χ4n) is 3.41. The van der Waals surface area contributed by atoms with Crippen LogP contribution < -0.4 is 9.64 Å². The molecule has 32 heavy (non-hydrogen) atoms. The maximum Gasteiger partial charge on any atom is 0.417 e. The van der Waals surface area contributed by atoms with E-state index in [1.54, 1.807) is 12.0 Å². The number of aromatic nitrogens is 3. The molecule has 1 saturated heterocycles. The van der Waals surface area contributed by atoms with E-state index in [9.17, 15) is 18.0 Å². The number of thioether (sulfide) groups is 1. The lowest BCUT2D eigenvalue weighted by molar-refractivity contribution is -0.138. The number of carbonyl (C=O) groups is 1. The topological polar surface area (TPSA) is 63.0 Å². The first-order valence-electron chi connectivity index (χ1n) is 9.67. The lowest BCUT2D eigenvalue weighted by Crippen LogP contribution is -2.49. The lowest BCUT2D eigenvalue weighted by atomic mass is 10.2. The Hall–Kier alpha value is -2.66. The number of nitrogens with zero attached hydrogens (tertiary/aromatic N) is 5. The minimum atomic E-state index is -4.55. The van der Waals surface area contributed by atoms with Gasteiger partial charge in [-0.15, -0.1) is 10.2 Å². The van der Waals surface area contributed by atoms with Gasteiger partial charge in [-0.05, 0) is 30.3 Å². The fourth-order valence-corrected chi connectivity index (χ4v) is 4.47. The van der Waals surface area contributed by atoms with E-state index in [4.69, 9.17) is 16.3 Å². The van der Waals surface area contributed by atoms with Crippen molar-refractivity contribution in [3.63, 3.8) is 0 Å². The summed E-state index contributed by atoms with van der Waals surface area (Å²) in [6.45, 7) is 2.47. The molecule has 0 N–H and O–H groups in total. The zero-order valence-electron chi connectivity index (χ0n) is 17.0. The van der Waals surface area contributed by atoms with Gasteiger partial charge in [-0.25, -0.2) is 0 Å². The number of fused-ring (bicyclic) bond motifs is 1. The molecule has 170 valence electrons. The first-order valence-corrected chi connectivity index (χ1v) is 11.0. The summed E-state index contributed by atoms with van der Waals surface area (Å²) in [6, 6.07) is 8.55. The smallest absolute Gasteiger partial charge is 0.417 e. The largest absolute Gasteiger partial charge is 0.497 e. The van der Waals surface area contributed by atoms with Gasteiger partial charge >= 0.3 is 6.18 Å². The molecule has 7 nitrogen and oxygen atoms in total. The number of carbonyl (C=O) groups excluding carboxylic acids is 1. The van der Waals surface area contributed by atoms with Crippen molar-refractivity contribution in [1.29, 1.82) is 0 Å².